The van der Waals surface area contributed by atoms with E-state index in [4.69, 9.17) is 14.6 Å². The van der Waals surface area contributed by atoms with Crippen LogP contribution in [0.3, 0.4) is 0 Å². The van der Waals surface area contributed by atoms with E-state index in [9.17, 15) is 9.59 Å². The Bertz CT molecular complexity index is 560. The summed E-state index contributed by atoms with van der Waals surface area (Å²) in [5.41, 5.74) is 1.16. The van der Waals surface area contributed by atoms with Crippen molar-refractivity contribution in [2.45, 2.75) is 12.5 Å². The summed E-state index contributed by atoms with van der Waals surface area (Å²) in [6, 6.07) is 5.12. The monoisotopic (exact) mass is 278 g/mol. The molecule has 0 radical (unpaired) electrons. The van der Waals surface area contributed by atoms with Crippen molar-refractivity contribution in [2.24, 2.45) is 0 Å². The van der Waals surface area contributed by atoms with Crippen LogP contribution in [0.5, 0.6) is 5.75 Å². The number of aliphatic hydroxyl groups is 1. The zero-order valence-electron chi connectivity index (χ0n) is 10.7. The average molecular weight is 278 g/mol. The van der Waals surface area contributed by atoms with Crippen LogP contribution in [0, 0.1) is 0 Å². The van der Waals surface area contributed by atoms with Crippen molar-refractivity contribution in [1.82, 2.24) is 0 Å². The van der Waals surface area contributed by atoms with Gasteiger partial charge in [-0.2, -0.15) is 0 Å². The van der Waals surface area contributed by atoms with Gasteiger partial charge < -0.3 is 19.9 Å². The van der Waals surface area contributed by atoms with Gasteiger partial charge in [-0.05, 0) is 18.2 Å². The molecule has 7 heteroatoms. The molecule has 2 aliphatic heterocycles. The van der Waals surface area contributed by atoms with E-state index in [2.05, 4.69) is 5.32 Å². The van der Waals surface area contributed by atoms with Gasteiger partial charge in [-0.15, -0.1) is 0 Å². The molecule has 2 amide bonds. The van der Waals surface area contributed by atoms with Crippen molar-refractivity contribution in [3.8, 4) is 5.75 Å². The molecule has 1 aromatic rings. The molecule has 3 rings (SSSR count). The molecule has 106 valence electrons. The maximum atomic E-state index is 11.8. The zero-order chi connectivity index (χ0) is 14.1. The first kappa shape index (κ1) is 12.7. The van der Waals surface area contributed by atoms with Crippen LogP contribution in [-0.4, -0.2) is 43.0 Å². The average Bonchev–Trinajstić information content (AvgIpc) is 2.79. The van der Waals surface area contributed by atoms with E-state index in [1.165, 1.54) is 4.90 Å². The summed E-state index contributed by atoms with van der Waals surface area (Å²) in [6.07, 6.45) is -0.353. The number of amides is 2. The highest BCUT2D eigenvalue weighted by atomic mass is 16.6. The normalized spacial score (nSPS) is 21.1. The molecule has 0 aliphatic carbocycles. The lowest BCUT2D eigenvalue weighted by Gasteiger charge is -2.20. The van der Waals surface area contributed by atoms with Crippen LogP contribution in [0.2, 0.25) is 0 Å². The first-order chi connectivity index (χ1) is 9.67. The van der Waals surface area contributed by atoms with Gasteiger partial charge in [0.1, 0.15) is 11.9 Å². The van der Waals surface area contributed by atoms with Gasteiger partial charge in [-0.25, -0.2) is 4.79 Å². The van der Waals surface area contributed by atoms with Crippen molar-refractivity contribution in [3.05, 3.63) is 18.2 Å². The third-order valence-electron chi connectivity index (χ3n) is 3.23. The SMILES string of the molecule is O=C1COc2ccc(N3C[C@@H](CCO)OC3=O)cc2N1. The number of nitrogens with zero attached hydrogens (tertiary/aromatic N) is 1. The van der Waals surface area contributed by atoms with Gasteiger partial charge in [-0.1, -0.05) is 0 Å². The van der Waals surface area contributed by atoms with E-state index in [1.807, 2.05) is 0 Å². The molecule has 7 nitrogen and oxygen atoms in total. The molecule has 2 heterocycles. The number of fused-ring (bicyclic) bond motifs is 1. The second-order valence-corrected chi connectivity index (χ2v) is 4.65. The zero-order valence-corrected chi connectivity index (χ0v) is 10.7. The minimum absolute atomic E-state index is 0.00330. The third-order valence-corrected chi connectivity index (χ3v) is 3.23. The number of cyclic esters (lactones) is 1. The number of anilines is 2. The fourth-order valence-corrected chi connectivity index (χ4v) is 2.27. The van der Waals surface area contributed by atoms with Gasteiger partial charge >= 0.3 is 6.09 Å². The van der Waals surface area contributed by atoms with E-state index in [0.29, 0.717) is 30.1 Å². The second kappa shape index (κ2) is 5.01. The lowest BCUT2D eigenvalue weighted by Crippen LogP contribution is -2.27. The number of carbonyl (C=O) groups excluding carboxylic acids is 2. The summed E-state index contributed by atoms with van der Waals surface area (Å²) in [5.74, 6) is 0.352. The minimum Gasteiger partial charge on any atom is -0.482 e. The van der Waals surface area contributed by atoms with Crippen molar-refractivity contribution in [2.75, 3.05) is 30.0 Å². The molecule has 0 aromatic heterocycles. The summed E-state index contributed by atoms with van der Waals surface area (Å²) in [4.78, 5) is 24.6. The lowest BCUT2D eigenvalue weighted by atomic mass is 10.2. The van der Waals surface area contributed by atoms with Crippen LogP contribution in [0.4, 0.5) is 16.2 Å². The number of carbonyl (C=O) groups is 2. The van der Waals surface area contributed by atoms with E-state index in [-0.39, 0.29) is 25.2 Å². The van der Waals surface area contributed by atoms with Gasteiger partial charge in [0.2, 0.25) is 0 Å². The van der Waals surface area contributed by atoms with Crippen LogP contribution in [-0.2, 0) is 9.53 Å². The fraction of sp³-hybridized carbons (Fsp3) is 0.385. The van der Waals surface area contributed by atoms with E-state index >= 15 is 0 Å². The summed E-state index contributed by atoms with van der Waals surface area (Å²) in [7, 11) is 0. The molecular weight excluding hydrogens is 264 g/mol. The molecule has 0 spiro atoms. The maximum Gasteiger partial charge on any atom is 0.414 e. The fourth-order valence-electron chi connectivity index (χ4n) is 2.27. The predicted molar refractivity (Wildman–Crippen MR) is 69.9 cm³/mol. The van der Waals surface area contributed by atoms with Gasteiger partial charge in [0.05, 0.1) is 12.2 Å². The quantitative estimate of drug-likeness (QED) is 0.850. The molecule has 20 heavy (non-hydrogen) atoms. The van der Waals surface area contributed by atoms with Crippen LogP contribution in [0.25, 0.3) is 0 Å². The number of nitrogens with one attached hydrogen (secondary N) is 1. The predicted octanol–water partition coefficient (Wildman–Crippen LogP) is 0.725. The number of ether oxygens (including phenoxy) is 2. The van der Waals surface area contributed by atoms with Gasteiger partial charge in [0, 0.05) is 18.7 Å². The van der Waals surface area contributed by atoms with E-state index in [1.54, 1.807) is 18.2 Å². The lowest BCUT2D eigenvalue weighted by molar-refractivity contribution is -0.118. The Morgan fingerprint density at radius 2 is 2.25 bits per heavy atom. The van der Waals surface area contributed by atoms with Gasteiger partial charge in [0.25, 0.3) is 5.91 Å². The Morgan fingerprint density at radius 1 is 1.40 bits per heavy atom. The van der Waals surface area contributed by atoms with Crippen molar-refractivity contribution in [3.63, 3.8) is 0 Å². The van der Waals surface area contributed by atoms with Crippen LogP contribution in [0.1, 0.15) is 6.42 Å². The maximum absolute atomic E-state index is 11.8. The molecule has 1 atom stereocenters. The second-order valence-electron chi connectivity index (χ2n) is 4.65. The summed E-state index contributed by atoms with van der Waals surface area (Å²) < 4.78 is 10.4. The molecule has 0 unspecified atom stereocenters. The minimum atomic E-state index is -0.452. The highest BCUT2D eigenvalue weighted by Crippen LogP contribution is 2.33. The first-order valence-corrected chi connectivity index (χ1v) is 6.33. The van der Waals surface area contributed by atoms with E-state index < -0.39 is 6.09 Å². The van der Waals surface area contributed by atoms with Crippen LogP contribution in [0.15, 0.2) is 18.2 Å². The molecule has 1 fully saturated rings. The number of benzene rings is 1. The number of hydrogen-bond donors (Lipinski definition) is 2. The molecule has 2 aliphatic rings. The van der Waals surface area contributed by atoms with Crippen molar-refractivity contribution in [1.29, 1.82) is 0 Å². The van der Waals surface area contributed by atoms with Crippen molar-refractivity contribution < 1.29 is 24.2 Å². The molecular formula is C13H14N2O5. The van der Waals surface area contributed by atoms with Crippen LogP contribution < -0.4 is 15.0 Å². The number of hydrogen-bond acceptors (Lipinski definition) is 5. The van der Waals surface area contributed by atoms with Gasteiger partial charge in [-0.3, -0.25) is 9.69 Å². The Labute approximate surface area is 115 Å². The highest BCUT2D eigenvalue weighted by Gasteiger charge is 2.32. The Kier molecular flexibility index (Phi) is 3.19. The Hall–Kier alpha value is -2.28. The van der Waals surface area contributed by atoms with Gasteiger partial charge in [0.15, 0.2) is 6.61 Å². The molecule has 0 saturated carbocycles. The Morgan fingerprint density at radius 3 is 3.05 bits per heavy atom. The molecule has 1 saturated heterocycles. The summed E-state index contributed by atoms with van der Waals surface area (Å²) in [5, 5.41) is 11.6. The van der Waals surface area contributed by atoms with Crippen molar-refractivity contribution >= 4 is 23.4 Å². The molecule has 0 bridgehead atoms. The topological polar surface area (TPSA) is 88.1 Å². The number of aliphatic hydroxyl groups excluding tert-OH is 1. The Balaban J connectivity index is 1.82. The first-order valence-electron chi connectivity index (χ1n) is 6.33. The largest absolute Gasteiger partial charge is 0.482 e. The van der Waals surface area contributed by atoms with Crippen LogP contribution >= 0.6 is 0 Å². The highest BCUT2D eigenvalue weighted by molar-refractivity contribution is 5.97. The van der Waals surface area contributed by atoms with E-state index in [0.717, 1.165) is 0 Å². The smallest absolute Gasteiger partial charge is 0.414 e. The summed E-state index contributed by atoms with van der Waals surface area (Å²) in [6.45, 7) is 0.351. The standard InChI is InChI=1S/C13H14N2O5/c16-4-3-9-6-15(13(18)20-9)8-1-2-11-10(5-8)14-12(17)7-19-11/h1-2,5,9,16H,3-4,6-7H2,(H,14,17)/t9-/m1/s1. The summed E-state index contributed by atoms with van der Waals surface area (Å²) >= 11 is 0. The number of rotatable bonds is 3. The molecule has 2 N–H and O–H groups in total. The molecule has 1 aromatic carbocycles. The third kappa shape index (κ3) is 2.27.